The van der Waals surface area contributed by atoms with Crippen molar-refractivity contribution >= 4 is 32.5 Å². The second kappa shape index (κ2) is 9.83. The molecule has 12 heteroatoms. The van der Waals surface area contributed by atoms with Gasteiger partial charge in [-0.15, -0.1) is 0 Å². The minimum absolute atomic E-state index is 0.0540. The first kappa shape index (κ1) is 26.9. The van der Waals surface area contributed by atoms with Crippen molar-refractivity contribution in [2.75, 3.05) is 44.0 Å². The minimum atomic E-state index is -4.06. The zero-order chi connectivity index (χ0) is 28.2. The second-order valence-corrected chi connectivity index (χ2v) is 11.9. The SMILES string of the molecule is C=CC(=O)N1CCN(c2nc(=O)n3c4c(c(-c5ccc(F)cc5F)c(C)cc24)S(=O)(=O)C[C@@H]3COC)[C@@H](C)C1. The van der Waals surface area contributed by atoms with Crippen molar-refractivity contribution in [3.63, 3.8) is 0 Å². The van der Waals surface area contributed by atoms with E-state index in [2.05, 4.69) is 11.6 Å². The maximum absolute atomic E-state index is 15.0. The number of rotatable bonds is 5. The Morgan fingerprint density at radius 3 is 2.64 bits per heavy atom. The molecule has 1 aromatic heterocycles. The maximum atomic E-state index is 15.0. The Balaban J connectivity index is 1.84. The van der Waals surface area contributed by atoms with Crippen LogP contribution in [0.25, 0.3) is 22.0 Å². The van der Waals surface area contributed by atoms with Crippen LogP contribution >= 0.6 is 0 Å². The number of nitrogens with zero attached hydrogens (tertiary/aromatic N) is 4. The van der Waals surface area contributed by atoms with E-state index in [1.807, 2.05) is 11.8 Å². The van der Waals surface area contributed by atoms with Gasteiger partial charge in [-0.25, -0.2) is 22.0 Å². The summed E-state index contributed by atoms with van der Waals surface area (Å²) in [4.78, 5) is 33.5. The van der Waals surface area contributed by atoms with E-state index < -0.39 is 39.0 Å². The first-order valence-electron chi connectivity index (χ1n) is 12.4. The topological polar surface area (TPSA) is 102 Å². The second-order valence-electron chi connectivity index (χ2n) is 9.93. The molecule has 1 saturated heterocycles. The Hall–Kier alpha value is -3.64. The van der Waals surface area contributed by atoms with Crippen molar-refractivity contribution in [3.8, 4) is 11.1 Å². The molecule has 9 nitrogen and oxygen atoms in total. The Bertz CT molecular complexity index is 1690. The van der Waals surface area contributed by atoms with Crippen LogP contribution in [-0.2, 0) is 19.4 Å². The molecule has 2 aromatic carbocycles. The molecule has 1 fully saturated rings. The van der Waals surface area contributed by atoms with Crippen LogP contribution in [0.4, 0.5) is 14.6 Å². The highest BCUT2D eigenvalue weighted by atomic mass is 32.2. The van der Waals surface area contributed by atoms with E-state index in [-0.39, 0.29) is 45.9 Å². The fourth-order valence-electron chi connectivity index (χ4n) is 5.70. The molecule has 3 aromatic rings. The smallest absolute Gasteiger partial charge is 0.350 e. The van der Waals surface area contributed by atoms with Crippen molar-refractivity contribution in [2.45, 2.75) is 30.8 Å². The number of carbonyl (C=O) groups excluding carboxylic acids is 1. The van der Waals surface area contributed by atoms with Gasteiger partial charge in [0.25, 0.3) is 0 Å². The van der Waals surface area contributed by atoms with Gasteiger partial charge >= 0.3 is 5.69 Å². The van der Waals surface area contributed by atoms with Gasteiger partial charge in [-0.2, -0.15) is 4.98 Å². The third kappa shape index (κ3) is 4.41. The quantitative estimate of drug-likeness (QED) is 0.444. The molecule has 2 aliphatic heterocycles. The number of amides is 1. The summed E-state index contributed by atoms with van der Waals surface area (Å²) in [5, 5.41) is 0.410. The van der Waals surface area contributed by atoms with Gasteiger partial charge in [-0.05, 0) is 43.7 Å². The fraction of sp³-hybridized carbons (Fsp3) is 0.370. The largest absolute Gasteiger partial charge is 0.382 e. The molecule has 1 amide bonds. The predicted molar refractivity (Wildman–Crippen MR) is 143 cm³/mol. The lowest BCUT2D eigenvalue weighted by Gasteiger charge is -2.41. The number of aromatic nitrogens is 2. The Labute approximate surface area is 224 Å². The first-order chi connectivity index (χ1) is 18.5. The zero-order valence-electron chi connectivity index (χ0n) is 21.8. The average Bonchev–Trinajstić information content (AvgIpc) is 2.87. The molecule has 0 spiro atoms. The summed E-state index contributed by atoms with van der Waals surface area (Å²) < 4.78 is 63.0. The fourth-order valence-corrected chi connectivity index (χ4v) is 7.71. The summed E-state index contributed by atoms with van der Waals surface area (Å²) in [5.74, 6) is -2.07. The molecule has 0 bridgehead atoms. The van der Waals surface area contributed by atoms with Gasteiger partial charge in [0.15, 0.2) is 9.84 Å². The monoisotopic (exact) mass is 558 g/mol. The number of ether oxygens (including phenoxy) is 1. The summed E-state index contributed by atoms with van der Waals surface area (Å²) in [6, 6.07) is 3.56. The van der Waals surface area contributed by atoms with Gasteiger partial charge < -0.3 is 14.5 Å². The lowest BCUT2D eigenvalue weighted by atomic mass is 9.96. The molecule has 5 rings (SSSR count). The van der Waals surface area contributed by atoms with Crippen LogP contribution < -0.4 is 10.6 Å². The van der Waals surface area contributed by atoms with Gasteiger partial charge in [0, 0.05) is 55.4 Å². The van der Waals surface area contributed by atoms with Crippen LogP contribution in [0.1, 0.15) is 18.5 Å². The first-order valence-corrected chi connectivity index (χ1v) is 14.1. The number of anilines is 1. The van der Waals surface area contributed by atoms with Crippen LogP contribution in [0.2, 0.25) is 0 Å². The Morgan fingerprint density at radius 1 is 1.26 bits per heavy atom. The van der Waals surface area contributed by atoms with Gasteiger partial charge in [0.2, 0.25) is 5.91 Å². The van der Waals surface area contributed by atoms with Crippen molar-refractivity contribution in [2.24, 2.45) is 0 Å². The normalized spacial score (nSPS) is 20.3. The van der Waals surface area contributed by atoms with Crippen LogP contribution in [0.15, 0.2) is 46.6 Å². The molecule has 2 atom stereocenters. The summed E-state index contributed by atoms with van der Waals surface area (Å²) in [6.45, 7) is 8.08. The zero-order valence-corrected chi connectivity index (χ0v) is 22.6. The number of piperazine rings is 1. The molecular weight excluding hydrogens is 530 g/mol. The molecule has 0 radical (unpaired) electrons. The number of carbonyl (C=O) groups is 1. The number of methoxy groups -OCH3 is 1. The standard InChI is InChI=1S/C27H28F2N4O5S/c1-5-22(34)31-8-9-32(16(3)12-31)26-20-10-15(2)23(19-7-6-17(28)11-21(19)29)25-24(20)33(27(35)30-26)18(13-38-4)14-39(25,36)37/h5-7,10-11,16,18H,1,8-9,12-14H2,2-4H3/t16-,18-/m0/s1. The highest BCUT2D eigenvalue weighted by Crippen LogP contribution is 2.44. The third-order valence-corrected chi connectivity index (χ3v) is 9.22. The number of benzene rings is 2. The molecular formula is C27H28F2N4O5S. The summed E-state index contributed by atoms with van der Waals surface area (Å²) in [5.41, 5.74) is -0.128. The van der Waals surface area contributed by atoms with Crippen LogP contribution in [0.3, 0.4) is 0 Å². The minimum Gasteiger partial charge on any atom is -0.382 e. The summed E-state index contributed by atoms with van der Waals surface area (Å²) in [6.07, 6.45) is 1.25. The van der Waals surface area contributed by atoms with E-state index in [9.17, 15) is 22.4 Å². The average molecular weight is 559 g/mol. The van der Waals surface area contributed by atoms with E-state index in [4.69, 9.17) is 4.74 Å². The number of aryl methyl sites for hydroxylation is 1. The number of hydrogen-bond donors (Lipinski definition) is 0. The van der Waals surface area contributed by atoms with E-state index in [1.165, 1.54) is 23.8 Å². The third-order valence-electron chi connectivity index (χ3n) is 7.38. The van der Waals surface area contributed by atoms with E-state index in [0.717, 1.165) is 6.07 Å². The van der Waals surface area contributed by atoms with Crippen molar-refractivity contribution in [1.82, 2.24) is 14.5 Å². The van der Waals surface area contributed by atoms with Crippen molar-refractivity contribution in [3.05, 3.63) is 64.6 Å². The van der Waals surface area contributed by atoms with Crippen LogP contribution in [0.5, 0.6) is 0 Å². The van der Waals surface area contributed by atoms with E-state index in [0.29, 0.717) is 36.7 Å². The molecule has 0 aliphatic carbocycles. The number of sulfone groups is 1. The lowest BCUT2D eigenvalue weighted by molar-refractivity contribution is -0.126. The molecule has 3 heterocycles. The summed E-state index contributed by atoms with van der Waals surface area (Å²) in [7, 11) is -2.65. The number of hydrogen-bond acceptors (Lipinski definition) is 7. The molecule has 0 saturated carbocycles. The maximum Gasteiger partial charge on any atom is 0.350 e. The predicted octanol–water partition coefficient (Wildman–Crippen LogP) is 2.85. The molecule has 206 valence electrons. The van der Waals surface area contributed by atoms with Gasteiger partial charge in [-0.3, -0.25) is 9.36 Å². The molecule has 0 N–H and O–H groups in total. The highest BCUT2D eigenvalue weighted by molar-refractivity contribution is 7.91. The van der Waals surface area contributed by atoms with Gasteiger partial charge in [0.05, 0.1) is 28.8 Å². The van der Waals surface area contributed by atoms with Crippen LogP contribution in [0, 0.1) is 18.6 Å². The Kier molecular flexibility index (Phi) is 6.79. The van der Waals surface area contributed by atoms with Crippen LogP contribution in [-0.4, -0.2) is 73.9 Å². The molecule has 2 aliphatic rings. The van der Waals surface area contributed by atoms with Gasteiger partial charge in [-0.1, -0.05) is 6.58 Å². The molecule has 39 heavy (non-hydrogen) atoms. The lowest BCUT2D eigenvalue weighted by Crippen LogP contribution is -2.54. The summed E-state index contributed by atoms with van der Waals surface area (Å²) >= 11 is 0. The van der Waals surface area contributed by atoms with Crippen molar-refractivity contribution < 1.29 is 26.7 Å². The van der Waals surface area contributed by atoms with Gasteiger partial charge in [0.1, 0.15) is 17.5 Å². The number of halogens is 2. The van der Waals surface area contributed by atoms with Crippen molar-refractivity contribution in [1.29, 1.82) is 0 Å². The Morgan fingerprint density at radius 2 is 2.00 bits per heavy atom. The molecule has 0 unspecified atom stereocenters. The highest BCUT2D eigenvalue weighted by Gasteiger charge is 2.39. The van der Waals surface area contributed by atoms with E-state index in [1.54, 1.807) is 17.9 Å². The van der Waals surface area contributed by atoms with E-state index >= 15 is 4.39 Å².